The lowest BCUT2D eigenvalue weighted by Gasteiger charge is -2.25. The topological polar surface area (TPSA) is 66.5 Å². The summed E-state index contributed by atoms with van der Waals surface area (Å²) >= 11 is 0. The van der Waals surface area contributed by atoms with Crippen molar-refractivity contribution in [2.75, 3.05) is 6.54 Å². The maximum Gasteiger partial charge on any atom is 0.405 e. The van der Waals surface area contributed by atoms with Crippen LogP contribution in [0.2, 0.25) is 0 Å². The third kappa shape index (κ3) is 3.99. The SMILES string of the molecule is O=C(NCC(F)(F)F)[C@H](Cc1ccccc1)N1C(=O)c2ccccc2C1=O. The first-order valence-corrected chi connectivity index (χ1v) is 8.13. The monoisotopic (exact) mass is 376 g/mol. The Labute approximate surface area is 152 Å². The van der Waals surface area contributed by atoms with E-state index in [1.807, 2.05) is 0 Å². The van der Waals surface area contributed by atoms with Crippen molar-refractivity contribution in [2.45, 2.75) is 18.6 Å². The van der Waals surface area contributed by atoms with Gasteiger partial charge in [0, 0.05) is 6.42 Å². The smallest absolute Gasteiger partial charge is 0.345 e. The number of carbonyl (C=O) groups is 3. The molecule has 3 amide bonds. The van der Waals surface area contributed by atoms with Crippen molar-refractivity contribution in [3.63, 3.8) is 0 Å². The number of hydrogen-bond acceptors (Lipinski definition) is 3. The van der Waals surface area contributed by atoms with Crippen LogP contribution in [0.15, 0.2) is 54.6 Å². The largest absolute Gasteiger partial charge is 0.405 e. The van der Waals surface area contributed by atoms with Crippen LogP contribution >= 0.6 is 0 Å². The number of hydrogen-bond donors (Lipinski definition) is 1. The highest BCUT2D eigenvalue weighted by Gasteiger charge is 2.43. The van der Waals surface area contributed by atoms with E-state index >= 15 is 0 Å². The molecule has 0 radical (unpaired) electrons. The first kappa shape index (κ1) is 18.6. The van der Waals surface area contributed by atoms with Gasteiger partial charge in [-0.2, -0.15) is 13.2 Å². The number of amides is 3. The number of alkyl halides is 3. The van der Waals surface area contributed by atoms with Gasteiger partial charge in [-0.1, -0.05) is 42.5 Å². The zero-order chi connectivity index (χ0) is 19.6. The Bertz CT molecular complexity index is 846. The Morgan fingerprint density at radius 2 is 1.44 bits per heavy atom. The molecule has 5 nitrogen and oxygen atoms in total. The van der Waals surface area contributed by atoms with Gasteiger partial charge in [-0.15, -0.1) is 0 Å². The van der Waals surface area contributed by atoms with E-state index in [0.717, 1.165) is 4.90 Å². The number of carbonyl (C=O) groups excluding carboxylic acids is 3. The molecule has 0 unspecified atom stereocenters. The molecule has 0 bridgehead atoms. The second-order valence-corrected chi connectivity index (χ2v) is 6.06. The normalized spacial score (nSPS) is 14.9. The van der Waals surface area contributed by atoms with Gasteiger partial charge in [0.15, 0.2) is 0 Å². The minimum atomic E-state index is -4.60. The van der Waals surface area contributed by atoms with Crippen molar-refractivity contribution in [3.8, 4) is 0 Å². The molecule has 1 aliphatic heterocycles. The van der Waals surface area contributed by atoms with E-state index in [1.165, 1.54) is 12.1 Å². The number of halogens is 3. The zero-order valence-electron chi connectivity index (χ0n) is 14.0. The highest BCUT2D eigenvalue weighted by molar-refractivity contribution is 6.22. The van der Waals surface area contributed by atoms with Gasteiger partial charge in [-0.25, -0.2) is 0 Å². The number of nitrogens with one attached hydrogen (secondary N) is 1. The summed E-state index contributed by atoms with van der Waals surface area (Å²) < 4.78 is 37.5. The van der Waals surface area contributed by atoms with Crippen LogP contribution in [0.5, 0.6) is 0 Å². The first-order chi connectivity index (χ1) is 12.8. The predicted molar refractivity (Wildman–Crippen MR) is 89.9 cm³/mol. The molecule has 1 atom stereocenters. The lowest BCUT2D eigenvalue weighted by Crippen LogP contribution is -2.52. The Morgan fingerprint density at radius 1 is 0.926 bits per heavy atom. The molecule has 3 rings (SSSR count). The fraction of sp³-hybridized carbons (Fsp3) is 0.211. The molecule has 1 heterocycles. The van der Waals surface area contributed by atoms with Crippen molar-refractivity contribution >= 4 is 17.7 Å². The van der Waals surface area contributed by atoms with Gasteiger partial charge in [0.05, 0.1) is 11.1 Å². The first-order valence-electron chi connectivity index (χ1n) is 8.13. The number of imide groups is 1. The summed E-state index contributed by atoms with van der Waals surface area (Å²) in [5.74, 6) is -2.43. The molecule has 1 N–H and O–H groups in total. The maximum absolute atomic E-state index is 12.6. The number of benzene rings is 2. The Kier molecular flexibility index (Phi) is 4.98. The third-order valence-electron chi connectivity index (χ3n) is 4.17. The zero-order valence-corrected chi connectivity index (χ0v) is 14.0. The quantitative estimate of drug-likeness (QED) is 0.816. The van der Waals surface area contributed by atoms with Gasteiger partial charge in [0.25, 0.3) is 11.8 Å². The summed E-state index contributed by atoms with van der Waals surface area (Å²) in [7, 11) is 0. The van der Waals surface area contributed by atoms with Crippen molar-refractivity contribution in [1.29, 1.82) is 0 Å². The molecular weight excluding hydrogens is 361 g/mol. The molecule has 27 heavy (non-hydrogen) atoms. The molecule has 0 saturated heterocycles. The van der Waals surface area contributed by atoms with E-state index in [4.69, 9.17) is 0 Å². The minimum Gasteiger partial charge on any atom is -0.345 e. The van der Waals surface area contributed by atoms with Crippen LogP contribution < -0.4 is 5.32 Å². The van der Waals surface area contributed by atoms with Gasteiger partial charge in [0.1, 0.15) is 12.6 Å². The van der Waals surface area contributed by atoms with E-state index < -0.39 is 36.5 Å². The second-order valence-electron chi connectivity index (χ2n) is 6.06. The maximum atomic E-state index is 12.6. The second kappa shape index (κ2) is 7.22. The molecule has 0 aliphatic carbocycles. The van der Waals surface area contributed by atoms with Crippen molar-refractivity contribution in [2.24, 2.45) is 0 Å². The van der Waals surface area contributed by atoms with Crippen molar-refractivity contribution in [3.05, 3.63) is 71.3 Å². The summed E-state index contributed by atoms with van der Waals surface area (Å²) in [6.07, 6.45) is -4.69. The van der Waals surface area contributed by atoms with Gasteiger partial charge in [-0.05, 0) is 17.7 Å². The summed E-state index contributed by atoms with van der Waals surface area (Å²) in [6.45, 7) is -1.54. The van der Waals surface area contributed by atoms with Gasteiger partial charge >= 0.3 is 6.18 Å². The average Bonchev–Trinajstić information content (AvgIpc) is 2.89. The van der Waals surface area contributed by atoms with Crippen LogP contribution in [0.3, 0.4) is 0 Å². The summed E-state index contributed by atoms with van der Waals surface area (Å²) in [5.41, 5.74) is 0.870. The van der Waals surface area contributed by atoms with Gasteiger partial charge < -0.3 is 5.32 Å². The lowest BCUT2D eigenvalue weighted by atomic mass is 10.0. The molecule has 8 heteroatoms. The molecular formula is C19H15F3N2O3. The number of rotatable bonds is 5. The fourth-order valence-corrected chi connectivity index (χ4v) is 2.93. The molecule has 2 aromatic carbocycles. The summed E-state index contributed by atoms with van der Waals surface area (Å²) in [6, 6.07) is 13.1. The molecule has 2 aromatic rings. The fourth-order valence-electron chi connectivity index (χ4n) is 2.93. The predicted octanol–water partition coefficient (Wildman–Crippen LogP) is 2.57. The molecule has 0 aromatic heterocycles. The summed E-state index contributed by atoms with van der Waals surface area (Å²) in [5, 5.41) is 1.78. The van der Waals surface area contributed by atoms with Crippen molar-refractivity contribution < 1.29 is 27.6 Å². The van der Waals surface area contributed by atoms with E-state index in [9.17, 15) is 27.6 Å². The molecule has 1 aliphatic rings. The van der Waals surface area contributed by atoms with Crippen LogP contribution in [0.25, 0.3) is 0 Å². The van der Waals surface area contributed by atoms with Crippen LogP contribution in [0.4, 0.5) is 13.2 Å². The van der Waals surface area contributed by atoms with E-state index in [-0.39, 0.29) is 17.5 Å². The average molecular weight is 376 g/mol. The molecule has 140 valence electrons. The van der Waals surface area contributed by atoms with Crippen LogP contribution in [0.1, 0.15) is 26.3 Å². The van der Waals surface area contributed by atoms with E-state index in [0.29, 0.717) is 5.56 Å². The highest BCUT2D eigenvalue weighted by atomic mass is 19.4. The number of fused-ring (bicyclic) bond motifs is 1. The standard InChI is InChI=1S/C19H15F3N2O3/c20-19(21,22)11-23-16(25)15(10-12-6-2-1-3-7-12)24-17(26)13-8-4-5-9-14(13)18(24)27/h1-9,15H,10-11H2,(H,23,25)/t15-/m0/s1. The van der Waals surface area contributed by atoms with Gasteiger partial charge in [0.2, 0.25) is 5.91 Å². The molecule has 0 spiro atoms. The van der Waals surface area contributed by atoms with E-state index in [1.54, 1.807) is 47.8 Å². The van der Waals surface area contributed by atoms with Crippen LogP contribution in [0, 0.1) is 0 Å². The minimum absolute atomic E-state index is 0.0873. The van der Waals surface area contributed by atoms with Crippen molar-refractivity contribution in [1.82, 2.24) is 10.2 Å². The number of nitrogens with zero attached hydrogens (tertiary/aromatic N) is 1. The van der Waals surface area contributed by atoms with Gasteiger partial charge in [-0.3, -0.25) is 19.3 Å². The highest BCUT2D eigenvalue weighted by Crippen LogP contribution is 2.26. The molecule has 0 saturated carbocycles. The third-order valence-corrected chi connectivity index (χ3v) is 4.17. The lowest BCUT2D eigenvalue weighted by molar-refractivity contribution is -0.140. The Hall–Kier alpha value is -3.16. The Morgan fingerprint density at radius 3 is 1.96 bits per heavy atom. The van der Waals surface area contributed by atoms with Crippen LogP contribution in [-0.2, 0) is 11.2 Å². The van der Waals surface area contributed by atoms with E-state index in [2.05, 4.69) is 0 Å². The Balaban J connectivity index is 1.91. The molecule has 0 fully saturated rings. The van der Waals surface area contributed by atoms with Crippen LogP contribution in [-0.4, -0.2) is 41.4 Å². The summed E-state index contributed by atoms with van der Waals surface area (Å²) in [4.78, 5) is 38.5.